The van der Waals surface area contributed by atoms with E-state index in [1.54, 1.807) is 0 Å². The lowest BCUT2D eigenvalue weighted by molar-refractivity contribution is 0.396. The van der Waals surface area contributed by atoms with Crippen molar-refractivity contribution in [3.8, 4) is 0 Å². The first-order valence-corrected chi connectivity index (χ1v) is 8.19. The van der Waals surface area contributed by atoms with Gasteiger partial charge in [-0.05, 0) is 32.7 Å². The summed E-state index contributed by atoms with van der Waals surface area (Å²) in [6.07, 6.45) is 7.40. The average molecular weight is 245 g/mol. The molecular weight excluding hydrogens is 222 g/mol. The zero-order valence-electron chi connectivity index (χ0n) is 10.1. The van der Waals surface area contributed by atoms with Gasteiger partial charge in [0, 0.05) is 6.04 Å². The van der Waals surface area contributed by atoms with Gasteiger partial charge in [-0.15, -0.1) is 0 Å². The fourth-order valence-corrected chi connectivity index (χ4v) is 5.24. The van der Waals surface area contributed by atoms with Crippen LogP contribution in [0.15, 0.2) is 0 Å². The highest BCUT2D eigenvalue weighted by Gasteiger charge is 2.38. The second kappa shape index (κ2) is 5.05. The number of hydrogen-bond donors (Lipinski definition) is 1. The third kappa shape index (κ3) is 2.43. The predicted molar refractivity (Wildman–Crippen MR) is 66.3 cm³/mol. The van der Waals surface area contributed by atoms with E-state index < -0.39 is 9.84 Å². The molecule has 1 aliphatic carbocycles. The summed E-state index contributed by atoms with van der Waals surface area (Å²) >= 11 is 0. The van der Waals surface area contributed by atoms with Gasteiger partial charge in [0.2, 0.25) is 0 Å². The van der Waals surface area contributed by atoms with E-state index in [1.807, 2.05) is 6.92 Å². The first kappa shape index (κ1) is 12.4. The summed E-state index contributed by atoms with van der Waals surface area (Å²) in [6, 6.07) is 0.218. The molecule has 1 aliphatic heterocycles. The van der Waals surface area contributed by atoms with E-state index in [-0.39, 0.29) is 16.5 Å². The minimum absolute atomic E-state index is 0.120. The van der Waals surface area contributed by atoms with Crippen molar-refractivity contribution in [2.45, 2.75) is 68.4 Å². The van der Waals surface area contributed by atoms with E-state index in [2.05, 4.69) is 5.32 Å². The standard InChI is InChI=1S/C12H23NO2S/c1-10-8-9-13-11-6-4-2-3-5-7-12(11)16(10,14)15/h10-13H,2-9H2,1H3. The largest absolute Gasteiger partial charge is 0.313 e. The molecule has 94 valence electrons. The van der Waals surface area contributed by atoms with Crippen molar-refractivity contribution in [3.05, 3.63) is 0 Å². The average Bonchev–Trinajstić information content (AvgIpc) is 2.28. The molecule has 3 nitrogen and oxygen atoms in total. The van der Waals surface area contributed by atoms with Crippen molar-refractivity contribution < 1.29 is 8.42 Å². The summed E-state index contributed by atoms with van der Waals surface area (Å²) < 4.78 is 24.8. The molecule has 4 heteroatoms. The second-order valence-electron chi connectivity index (χ2n) is 5.28. The summed E-state index contributed by atoms with van der Waals surface area (Å²) in [5.74, 6) is 0. The maximum atomic E-state index is 12.4. The molecule has 0 aromatic heterocycles. The monoisotopic (exact) mass is 245 g/mol. The van der Waals surface area contributed by atoms with Crippen molar-refractivity contribution in [3.63, 3.8) is 0 Å². The van der Waals surface area contributed by atoms with Gasteiger partial charge < -0.3 is 5.32 Å². The molecule has 16 heavy (non-hydrogen) atoms. The predicted octanol–water partition coefficient (Wildman–Crippen LogP) is 1.87. The Balaban J connectivity index is 2.23. The van der Waals surface area contributed by atoms with E-state index in [4.69, 9.17) is 0 Å². The molecule has 2 rings (SSSR count). The molecule has 1 saturated heterocycles. The SMILES string of the molecule is CC1CCNC2CCCCCCC2S1(=O)=O. The Bertz CT molecular complexity index is 324. The Hall–Kier alpha value is -0.0900. The molecule has 1 heterocycles. The number of fused-ring (bicyclic) bond motifs is 1. The van der Waals surface area contributed by atoms with Gasteiger partial charge in [0.05, 0.1) is 10.5 Å². The van der Waals surface area contributed by atoms with Gasteiger partial charge in [-0.25, -0.2) is 8.42 Å². The van der Waals surface area contributed by atoms with Crippen molar-refractivity contribution >= 4 is 9.84 Å². The zero-order valence-corrected chi connectivity index (χ0v) is 10.9. The highest BCUT2D eigenvalue weighted by molar-refractivity contribution is 7.92. The van der Waals surface area contributed by atoms with Gasteiger partial charge in [-0.3, -0.25) is 0 Å². The van der Waals surface area contributed by atoms with Crippen LogP contribution in [0.25, 0.3) is 0 Å². The maximum Gasteiger partial charge on any atom is 0.157 e. The number of sulfone groups is 1. The minimum Gasteiger partial charge on any atom is -0.313 e. The van der Waals surface area contributed by atoms with Crippen molar-refractivity contribution in [1.82, 2.24) is 5.32 Å². The molecule has 1 saturated carbocycles. The molecule has 1 N–H and O–H groups in total. The molecule has 0 spiro atoms. The first-order chi connectivity index (χ1) is 7.62. The van der Waals surface area contributed by atoms with Gasteiger partial charge in [-0.2, -0.15) is 0 Å². The third-order valence-electron chi connectivity index (χ3n) is 4.14. The Morgan fingerprint density at radius 1 is 1.00 bits per heavy atom. The highest BCUT2D eigenvalue weighted by atomic mass is 32.2. The molecule has 0 aromatic carbocycles. The molecule has 3 atom stereocenters. The van der Waals surface area contributed by atoms with Crippen LogP contribution in [0.1, 0.15) is 51.9 Å². The first-order valence-electron chi connectivity index (χ1n) is 6.58. The molecular formula is C12H23NO2S. The van der Waals surface area contributed by atoms with Crippen molar-refractivity contribution in [1.29, 1.82) is 0 Å². The van der Waals surface area contributed by atoms with Crippen LogP contribution in [0.4, 0.5) is 0 Å². The van der Waals surface area contributed by atoms with Gasteiger partial charge in [0.15, 0.2) is 9.84 Å². The maximum absolute atomic E-state index is 12.4. The lowest BCUT2D eigenvalue weighted by atomic mass is 9.96. The molecule has 0 radical (unpaired) electrons. The summed E-state index contributed by atoms with van der Waals surface area (Å²) in [7, 11) is -2.90. The van der Waals surface area contributed by atoms with Crippen molar-refractivity contribution in [2.24, 2.45) is 0 Å². The number of nitrogens with one attached hydrogen (secondary N) is 1. The molecule has 0 bridgehead atoms. The quantitative estimate of drug-likeness (QED) is 0.709. The zero-order chi connectivity index (χ0) is 11.6. The summed E-state index contributed by atoms with van der Waals surface area (Å²) in [5.41, 5.74) is 0. The van der Waals surface area contributed by atoms with E-state index in [9.17, 15) is 8.42 Å². The lowest BCUT2D eigenvalue weighted by Gasteiger charge is -2.28. The molecule has 2 aliphatic rings. The van der Waals surface area contributed by atoms with E-state index in [1.165, 1.54) is 19.3 Å². The Morgan fingerprint density at radius 3 is 2.44 bits per heavy atom. The van der Waals surface area contributed by atoms with Crippen LogP contribution in [0, 0.1) is 0 Å². The van der Waals surface area contributed by atoms with Crippen LogP contribution in [-0.4, -0.2) is 31.5 Å². The molecule has 0 amide bonds. The molecule has 2 fully saturated rings. The van der Waals surface area contributed by atoms with Crippen LogP contribution in [0.5, 0.6) is 0 Å². The van der Waals surface area contributed by atoms with Crippen LogP contribution in [0.3, 0.4) is 0 Å². The van der Waals surface area contributed by atoms with Crippen LogP contribution in [0.2, 0.25) is 0 Å². The third-order valence-corrected chi connectivity index (χ3v) is 6.91. The fourth-order valence-electron chi connectivity index (χ4n) is 3.01. The fraction of sp³-hybridized carbons (Fsp3) is 1.00. The van der Waals surface area contributed by atoms with E-state index in [0.29, 0.717) is 0 Å². The number of hydrogen-bond acceptors (Lipinski definition) is 3. The molecule has 0 aromatic rings. The van der Waals surface area contributed by atoms with Gasteiger partial charge in [0.25, 0.3) is 0 Å². The topological polar surface area (TPSA) is 46.2 Å². The molecule has 3 unspecified atom stereocenters. The van der Waals surface area contributed by atoms with Gasteiger partial charge in [0.1, 0.15) is 0 Å². The van der Waals surface area contributed by atoms with Crippen LogP contribution in [-0.2, 0) is 9.84 Å². The second-order valence-corrected chi connectivity index (χ2v) is 7.87. The summed E-state index contributed by atoms with van der Waals surface area (Å²) in [5, 5.41) is 3.18. The van der Waals surface area contributed by atoms with E-state index >= 15 is 0 Å². The summed E-state index contributed by atoms with van der Waals surface area (Å²) in [4.78, 5) is 0. The Kier molecular flexibility index (Phi) is 3.90. The van der Waals surface area contributed by atoms with Gasteiger partial charge >= 0.3 is 0 Å². The normalized spacial score (nSPS) is 40.2. The van der Waals surface area contributed by atoms with Gasteiger partial charge in [-0.1, -0.05) is 25.7 Å². The Labute approximate surface area is 98.9 Å². The summed E-state index contributed by atoms with van der Waals surface area (Å²) in [6.45, 7) is 2.74. The number of rotatable bonds is 0. The minimum atomic E-state index is -2.90. The van der Waals surface area contributed by atoms with E-state index in [0.717, 1.165) is 32.2 Å². The lowest BCUT2D eigenvalue weighted by Crippen LogP contribution is -2.43. The smallest absolute Gasteiger partial charge is 0.157 e. The Morgan fingerprint density at radius 2 is 1.69 bits per heavy atom. The van der Waals surface area contributed by atoms with Crippen LogP contribution >= 0.6 is 0 Å². The highest BCUT2D eigenvalue weighted by Crippen LogP contribution is 2.28. The van der Waals surface area contributed by atoms with Crippen molar-refractivity contribution in [2.75, 3.05) is 6.54 Å². The van der Waals surface area contributed by atoms with Crippen LogP contribution < -0.4 is 5.32 Å².